The maximum atomic E-state index is 13.9. The van der Waals surface area contributed by atoms with Gasteiger partial charge in [-0.1, -0.05) is 41.4 Å². The monoisotopic (exact) mass is 670 g/mol. The molecule has 2 aromatic rings. The van der Waals surface area contributed by atoms with E-state index in [-0.39, 0.29) is 24.4 Å². The number of urea groups is 1. The summed E-state index contributed by atoms with van der Waals surface area (Å²) >= 11 is 12.6. The van der Waals surface area contributed by atoms with Gasteiger partial charge in [-0.3, -0.25) is 9.69 Å². The molecule has 0 saturated carbocycles. The van der Waals surface area contributed by atoms with Gasteiger partial charge >= 0.3 is 12.1 Å². The quantitative estimate of drug-likeness (QED) is 0.474. The van der Waals surface area contributed by atoms with Crippen LogP contribution in [0.5, 0.6) is 0 Å². The number of benzene rings is 2. The number of carbonyl (C=O) groups excluding carboxylic acids is 3. The fourth-order valence-electron chi connectivity index (χ4n) is 7.26. The van der Waals surface area contributed by atoms with E-state index >= 15 is 0 Å². The predicted octanol–water partition coefficient (Wildman–Crippen LogP) is 4.83. The number of fused-ring (bicyclic) bond motifs is 1. The summed E-state index contributed by atoms with van der Waals surface area (Å²) in [6.07, 6.45) is 2.56. The average molecular weight is 672 g/mol. The van der Waals surface area contributed by atoms with E-state index in [9.17, 15) is 14.4 Å². The number of nitrogens with zero attached hydrogens (tertiary/aromatic N) is 5. The van der Waals surface area contributed by atoms with Crippen LogP contribution in [0, 0.1) is 0 Å². The highest BCUT2D eigenvalue weighted by Crippen LogP contribution is 2.27. The molecule has 1 N–H and O–H groups in total. The Hall–Kier alpha value is -3.05. The minimum absolute atomic E-state index is 0.0194. The highest BCUT2D eigenvalue weighted by molar-refractivity contribution is 6.34. The van der Waals surface area contributed by atoms with Crippen molar-refractivity contribution >= 4 is 46.9 Å². The van der Waals surface area contributed by atoms with Crippen LogP contribution >= 0.6 is 23.2 Å². The molecule has 12 heteroatoms. The molecule has 2 aromatic carbocycles. The van der Waals surface area contributed by atoms with Crippen molar-refractivity contribution in [2.75, 3.05) is 71.3 Å². The lowest BCUT2D eigenvalue weighted by atomic mass is 10.0. The summed E-state index contributed by atoms with van der Waals surface area (Å²) in [6.45, 7) is 7.02. The lowest BCUT2D eigenvalue weighted by Crippen LogP contribution is -2.54. The van der Waals surface area contributed by atoms with E-state index in [1.807, 2.05) is 34.1 Å². The van der Waals surface area contributed by atoms with Crippen molar-refractivity contribution < 1.29 is 19.1 Å². The molecular weight excluding hydrogens is 627 g/mol. The third-order valence-corrected chi connectivity index (χ3v) is 10.4. The third-order valence-electron chi connectivity index (χ3n) is 10.00. The van der Waals surface area contributed by atoms with Crippen LogP contribution in [-0.4, -0.2) is 127 Å². The van der Waals surface area contributed by atoms with Gasteiger partial charge in [0.15, 0.2) is 6.10 Å². The lowest BCUT2D eigenvalue weighted by molar-refractivity contribution is -0.142. The number of piperidine rings is 2. The number of ether oxygens (including phenoxy) is 1. The van der Waals surface area contributed by atoms with Crippen LogP contribution in [-0.2, 0) is 22.4 Å². The largest absolute Gasteiger partial charge is 0.436 e. The van der Waals surface area contributed by atoms with Gasteiger partial charge in [-0.25, -0.2) is 9.59 Å². The van der Waals surface area contributed by atoms with Gasteiger partial charge in [-0.05, 0) is 74.5 Å². The second-order valence-electron chi connectivity index (χ2n) is 13.0. The zero-order valence-corrected chi connectivity index (χ0v) is 28.0. The highest BCUT2D eigenvalue weighted by atomic mass is 35.5. The van der Waals surface area contributed by atoms with Crippen LogP contribution in [0.3, 0.4) is 0 Å². The molecule has 4 aliphatic rings. The van der Waals surface area contributed by atoms with Crippen molar-refractivity contribution in [3.8, 4) is 0 Å². The fraction of sp³-hybridized carbons (Fsp3) is 0.559. The zero-order chi connectivity index (χ0) is 32.2. The molecule has 10 nitrogen and oxygen atoms in total. The van der Waals surface area contributed by atoms with E-state index in [0.29, 0.717) is 61.7 Å². The van der Waals surface area contributed by atoms with Gasteiger partial charge in [0.05, 0.1) is 0 Å². The molecule has 0 spiro atoms. The van der Waals surface area contributed by atoms with Crippen molar-refractivity contribution in [1.29, 1.82) is 0 Å². The van der Waals surface area contributed by atoms with Gasteiger partial charge in [-0.15, -0.1) is 0 Å². The number of nitrogens with one attached hydrogen (secondary N) is 1. The summed E-state index contributed by atoms with van der Waals surface area (Å²) in [7, 11) is 2.16. The maximum Gasteiger partial charge on any atom is 0.410 e. The Kier molecular flexibility index (Phi) is 10.6. The molecular formula is C34H44Cl2N6O4. The third kappa shape index (κ3) is 7.90. The Morgan fingerprint density at radius 3 is 2.17 bits per heavy atom. The number of rotatable bonds is 6. The smallest absolute Gasteiger partial charge is 0.410 e. The van der Waals surface area contributed by atoms with Gasteiger partial charge in [0.25, 0.3) is 5.91 Å². The Labute approximate surface area is 281 Å². The summed E-state index contributed by atoms with van der Waals surface area (Å²) < 4.78 is 6.01. The number of hydrogen-bond acceptors (Lipinski definition) is 6. The molecule has 1 unspecified atom stereocenters. The molecule has 1 atom stereocenters. The van der Waals surface area contributed by atoms with Crippen LogP contribution in [0.25, 0.3) is 0 Å². The second-order valence-corrected chi connectivity index (χ2v) is 13.9. The average Bonchev–Trinajstić information content (AvgIpc) is 3.22. The summed E-state index contributed by atoms with van der Waals surface area (Å²) in [5, 5.41) is 3.98. The van der Waals surface area contributed by atoms with Crippen molar-refractivity contribution in [2.45, 2.75) is 56.7 Å². The van der Waals surface area contributed by atoms with E-state index in [2.05, 4.69) is 22.2 Å². The van der Waals surface area contributed by atoms with E-state index in [1.54, 1.807) is 23.1 Å². The molecule has 4 heterocycles. The van der Waals surface area contributed by atoms with Gasteiger partial charge in [0.1, 0.15) is 0 Å². The molecule has 248 valence electrons. The first-order valence-electron chi connectivity index (χ1n) is 16.5. The molecule has 4 aliphatic heterocycles. The lowest BCUT2D eigenvalue weighted by Gasteiger charge is -2.42. The topological polar surface area (TPSA) is 88.7 Å². The first-order chi connectivity index (χ1) is 22.2. The Bertz CT molecular complexity index is 1380. The number of carbonyl (C=O) groups is 3. The fourth-order valence-corrected chi connectivity index (χ4v) is 7.83. The number of para-hydroxylation sites is 1. The number of halogens is 2. The summed E-state index contributed by atoms with van der Waals surface area (Å²) in [6, 6.07) is 13.4. The molecule has 3 fully saturated rings. The van der Waals surface area contributed by atoms with E-state index in [1.165, 1.54) is 0 Å². The number of anilines is 1. The molecule has 4 amide bonds. The van der Waals surface area contributed by atoms with Gasteiger partial charge in [-0.2, -0.15) is 0 Å². The molecule has 6 rings (SSSR count). The SMILES string of the molecule is CN1CCN(C2CCN(C(=O)C(Cc3cc(Cl)cc(Cl)c3)OC(=O)N3CCC(N4CCc5ccccc5NC4=O)CC3)CC2)CC1. The highest BCUT2D eigenvalue weighted by Gasteiger charge is 2.36. The number of likely N-dealkylation sites (N-methyl/N-ethyl adjacent to an activating group) is 1. The van der Waals surface area contributed by atoms with Crippen LogP contribution in [0.15, 0.2) is 42.5 Å². The van der Waals surface area contributed by atoms with Crippen molar-refractivity contribution in [1.82, 2.24) is 24.5 Å². The summed E-state index contributed by atoms with van der Waals surface area (Å²) in [4.78, 5) is 50.8. The number of likely N-dealkylation sites (tertiary alicyclic amines) is 2. The maximum absolute atomic E-state index is 13.9. The molecule has 0 bridgehead atoms. The van der Waals surface area contributed by atoms with E-state index < -0.39 is 12.2 Å². The number of amides is 4. The van der Waals surface area contributed by atoms with Crippen molar-refractivity contribution in [3.05, 3.63) is 63.6 Å². The first-order valence-corrected chi connectivity index (χ1v) is 17.3. The Balaban J connectivity index is 1.07. The van der Waals surface area contributed by atoms with Gasteiger partial charge in [0.2, 0.25) is 0 Å². The molecule has 46 heavy (non-hydrogen) atoms. The predicted molar refractivity (Wildman–Crippen MR) is 180 cm³/mol. The standard InChI is InChI=1S/C34H44Cl2N6O4/c1-38-16-18-39(19-17-38)28-7-11-40(12-8-28)32(43)31(22-24-20-26(35)23-27(36)21-24)46-34(45)41-13-9-29(10-14-41)42-15-6-25-4-2-3-5-30(25)37-33(42)44/h2-5,20-21,23,28-29,31H,6-19,22H2,1H3,(H,37,44). The van der Waals surface area contributed by atoms with Gasteiger partial charge < -0.3 is 29.7 Å². The van der Waals surface area contributed by atoms with Crippen LogP contribution in [0.4, 0.5) is 15.3 Å². The Morgan fingerprint density at radius 1 is 0.848 bits per heavy atom. The molecule has 3 saturated heterocycles. The molecule has 0 aromatic heterocycles. The summed E-state index contributed by atoms with van der Waals surface area (Å²) in [5.74, 6) is -0.183. The van der Waals surface area contributed by atoms with Crippen LogP contribution in [0.2, 0.25) is 10.0 Å². The first kappa shape index (κ1) is 32.9. The van der Waals surface area contributed by atoms with E-state index in [0.717, 1.165) is 62.3 Å². The molecule has 0 aliphatic carbocycles. The number of hydrogen-bond donors (Lipinski definition) is 1. The Morgan fingerprint density at radius 2 is 1.48 bits per heavy atom. The molecule has 0 radical (unpaired) electrons. The van der Waals surface area contributed by atoms with Crippen molar-refractivity contribution in [2.24, 2.45) is 0 Å². The van der Waals surface area contributed by atoms with Crippen LogP contribution < -0.4 is 5.32 Å². The second kappa shape index (κ2) is 14.8. The van der Waals surface area contributed by atoms with Crippen LogP contribution in [0.1, 0.15) is 36.8 Å². The minimum atomic E-state index is -0.991. The number of piperazine rings is 1. The van der Waals surface area contributed by atoms with Gasteiger partial charge in [0, 0.05) is 93.1 Å². The normalized spacial score (nSPS) is 21.4. The zero-order valence-electron chi connectivity index (χ0n) is 26.5. The minimum Gasteiger partial charge on any atom is -0.436 e. The van der Waals surface area contributed by atoms with E-state index in [4.69, 9.17) is 27.9 Å². The summed E-state index contributed by atoms with van der Waals surface area (Å²) in [5.41, 5.74) is 2.72. The van der Waals surface area contributed by atoms with Crippen molar-refractivity contribution in [3.63, 3.8) is 0 Å².